The molecule has 0 aliphatic carbocycles. The second-order valence-corrected chi connectivity index (χ2v) is 9.82. The molecule has 0 saturated carbocycles. The number of ketones is 1. The van der Waals surface area contributed by atoms with Gasteiger partial charge in [-0.05, 0) is 68.1 Å². The molecule has 1 aliphatic rings. The van der Waals surface area contributed by atoms with Gasteiger partial charge >= 0.3 is 0 Å². The summed E-state index contributed by atoms with van der Waals surface area (Å²) in [7, 11) is 4.49. The fourth-order valence-corrected chi connectivity index (χ4v) is 5.02. The van der Waals surface area contributed by atoms with E-state index in [0.717, 1.165) is 31.5 Å². The van der Waals surface area contributed by atoms with Gasteiger partial charge in [0.1, 0.15) is 5.75 Å². The molecule has 2 aromatic carbocycles. The number of amides is 1. The average Bonchev–Trinajstić information content (AvgIpc) is 3.22. The van der Waals surface area contributed by atoms with Gasteiger partial charge in [-0.1, -0.05) is 25.2 Å². The van der Waals surface area contributed by atoms with E-state index in [9.17, 15) is 14.7 Å². The number of aryl methyl sites for hydroxylation is 1. The van der Waals surface area contributed by atoms with Crippen molar-refractivity contribution in [2.75, 3.05) is 54.1 Å². The summed E-state index contributed by atoms with van der Waals surface area (Å²) in [5, 5.41) is 14.0. The standard InChI is InChI=1S/C31H42N2O7/c1-8-11-16-40-23-13-12-21(17-20(23)4)28(34)26-27(22-18-24(37-5)30(39-7)25(19-22)38-6)33(31(36)29(26)35)15-14-32(9-2)10-3/h12-13,17-19,27,34H,8-11,14-16H2,1-7H3/b28-26+. The van der Waals surface area contributed by atoms with Crippen molar-refractivity contribution in [2.24, 2.45) is 0 Å². The van der Waals surface area contributed by atoms with Crippen LogP contribution in [0.5, 0.6) is 23.0 Å². The number of quaternary nitrogens is 1. The van der Waals surface area contributed by atoms with Crippen molar-refractivity contribution < 1.29 is 38.5 Å². The highest BCUT2D eigenvalue weighted by atomic mass is 16.5. The molecule has 1 aliphatic heterocycles. The lowest BCUT2D eigenvalue weighted by molar-refractivity contribution is -0.895. The van der Waals surface area contributed by atoms with E-state index < -0.39 is 23.5 Å². The molecule has 218 valence electrons. The first kappa shape index (κ1) is 30.8. The van der Waals surface area contributed by atoms with Crippen molar-refractivity contribution in [3.8, 4) is 23.0 Å². The van der Waals surface area contributed by atoms with Gasteiger partial charge in [0.05, 0.1) is 60.2 Å². The topological polar surface area (TPSA) is 102 Å². The van der Waals surface area contributed by atoms with Gasteiger partial charge in [-0.15, -0.1) is 0 Å². The Morgan fingerprint density at radius 3 is 2.12 bits per heavy atom. The molecule has 0 aromatic heterocycles. The fraction of sp³-hybridized carbons (Fsp3) is 0.484. The van der Waals surface area contributed by atoms with E-state index in [0.29, 0.717) is 53.8 Å². The van der Waals surface area contributed by atoms with E-state index in [1.165, 1.54) is 31.1 Å². The summed E-state index contributed by atoms with van der Waals surface area (Å²) in [6.07, 6.45) is 1.94. The number of ether oxygens (including phenoxy) is 4. The summed E-state index contributed by atoms with van der Waals surface area (Å²) >= 11 is 0. The average molecular weight is 555 g/mol. The Morgan fingerprint density at radius 2 is 1.60 bits per heavy atom. The lowest BCUT2D eigenvalue weighted by Crippen LogP contribution is -3.12. The molecule has 9 heteroatoms. The Hall–Kier alpha value is -3.72. The summed E-state index contributed by atoms with van der Waals surface area (Å²) in [5.41, 5.74) is 1.55. The van der Waals surface area contributed by atoms with Crippen LogP contribution in [0.3, 0.4) is 0 Å². The third kappa shape index (κ3) is 6.36. The molecule has 0 bridgehead atoms. The highest BCUT2D eigenvalue weighted by Gasteiger charge is 2.45. The SMILES string of the molecule is CCCCOc1ccc(/C([O-])=C2\C(=O)C(=O)N(CC[NH+](CC)CC)C2c2cc(OC)c(OC)c(OC)c2)cc1C. The number of rotatable bonds is 14. The number of hydrogen-bond acceptors (Lipinski definition) is 7. The molecule has 9 nitrogen and oxygen atoms in total. The minimum atomic E-state index is -0.906. The van der Waals surface area contributed by atoms with Crippen LogP contribution < -0.4 is 29.0 Å². The van der Waals surface area contributed by atoms with E-state index in [4.69, 9.17) is 18.9 Å². The Kier molecular flexibility index (Phi) is 10.8. The monoisotopic (exact) mass is 554 g/mol. The van der Waals surface area contributed by atoms with Crippen molar-refractivity contribution in [3.05, 3.63) is 52.6 Å². The first-order valence-corrected chi connectivity index (χ1v) is 13.9. The zero-order valence-electron chi connectivity index (χ0n) is 24.7. The second-order valence-electron chi connectivity index (χ2n) is 9.82. The number of Topliss-reactive ketones (excluding diaryl/α,β-unsaturated/α-hetero) is 1. The van der Waals surface area contributed by atoms with Crippen LogP contribution in [0.2, 0.25) is 0 Å². The maximum Gasteiger partial charge on any atom is 0.295 e. The number of benzene rings is 2. The molecule has 3 rings (SSSR count). The van der Waals surface area contributed by atoms with Crippen molar-refractivity contribution in [1.29, 1.82) is 0 Å². The predicted octanol–water partition coefficient (Wildman–Crippen LogP) is 2.35. The lowest BCUT2D eigenvalue weighted by Gasteiger charge is -2.29. The summed E-state index contributed by atoms with van der Waals surface area (Å²) in [6.45, 7) is 11.4. The normalized spacial score (nSPS) is 16.5. The Labute approximate surface area is 237 Å². The molecule has 1 N–H and O–H groups in total. The zero-order chi connectivity index (χ0) is 29.4. The Bertz CT molecular complexity index is 1210. The van der Waals surface area contributed by atoms with Crippen molar-refractivity contribution in [1.82, 2.24) is 4.90 Å². The van der Waals surface area contributed by atoms with Crippen LogP contribution in [0.25, 0.3) is 5.76 Å². The molecule has 0 radical (unpaired) electrons. The Balaban J connectivity index is 2.17. The fourth-order valence-electron chi connectivity index (χ4n) is 5.02. The van der Waals surface area contributed by atoms with Gasteiger partial charge in [-0.25, -0.2) is 0 Å². The van der Waals surface area contributed by atoms with Crippen LogP contribution >= 0.6 is 0 Å². The van der Waals surface area contributed by atoms with Crippen LogP contribution in [0.1, 0.15) is 56.3 Å². The molecule has 0 spiro atoms. The van der Waals surface area contributed by atoms with Crippen LogP contribution in [-0.2, 0) is 9.59 Å². The van der Waals surface area contributed by atoms with E-state index in [2.05, 4.69) is 20.8 Å². The molecule has 1 fully saturated rings. The van der Waals surface area contributed by atoms with Gasteiger partial charge in [-0.3, -0.25) is 9.59 Å². The van der Waals surface area contributed by atoms with Crippen molar-refractivity contribution >= 4 is 17.4 Å². The van der Waals surface area contributed by atoms with Crippen LogP contribution in [0.15, 0.2) is 35.9 Å². The van der Waals surface area contributed by atoms with Crippen LogP contribution in [-0.4, -0.2) is 70.7 Å². The summed E-state index contributed by atoms with van der Waals surface area (Å²) in [6, 6.07) is 7.59. The molecule has 1 saturated heterocycles. The maximum absolute atomic E-state index is 14.0. The number of likely N-dealkylation sites (N-methyl/N-ethyl adjacent to an activating group) is 1. The third-order valence-corrected chi connectivity index (χ3v) is 7.43. The molecule has 2 aromatic rings. The van der Waals surface area contributed by atoms with E-state index >= 15 is 0 Å². The summed E-state index contributed by atoms with van der Waals surface area (Å²) in [4.78, 5) is 29.7. The molecule has 40 heavy (non-hydrogen) atoms. The third-order valence-electron chi connectivity index (χ3n) is 7.43. The zero-order valence-corrected chi connectivity index (χ0v) is 24.7. The molecular weight excluding hydrogens is 512 g/mol. The smallest absolute Gasteiger partial charge is 0.295 e. The minimum absolute atomic E-state index is 0.0899. The number of nitrogens with zero attached hydrogens (tertiary/aromatic N) is 1. The largest absolute Gasteiger partial charge is 0.872 e. The van der Waals surface area contributed by atoms with Gasteiger partial charge in [0, 0.05) is 5.57 Å². The number of hydrogen-bond donors (Lipinski definition) is 1. The van der Waals surface area contributed by atoms with Crippen LogP contribution in [0.4, 0.5) is 0 Å². The number of carbonyl (C=O) groups is 2. The summed E-state index contributed by atoms with van der Waals surface area (Å²) < 4.78 is 22.4. The summed E-state index contributed by atoms with van der Waals surface area (Å²) in [5.74, 6) is -0.162. The van der Waals surface area contributed by atoms with Crippen molar-refractivity contribution in [3.63, 3.8) is 0 Å². The lowest BCUT2D eigenvalue weighted by atomic mass is 9.94. The van der Waals surface area contributed by atoms with Gasteiger partial charge in [-0.2, -0.15) is 0 Å². The first-order valence-electron chi connectivity index (χ1n) is 13.9. The second kappa shape index (κ2) is 14.1. The number of unbranched alkanes of at least 4 members (excludes halogenated alkanes) is 1. The van der Waals surface area contributed by atoms with Gasteiger partial charge in [0.15, 0.2) is 11.5 Å². The van der Waals surface area contributed by atoms with Gasteiger partial charge in [0.25, 0.3) is 5.91 Å². The first-order chi connectivity index (χ1) is 19.3. The highest BCUT2D eigenvalue weighted by Crippen LogP contribution is 2.45. The number of nitrogens with one attached hydrogen (secondary N) is 1. The molecule has 1 unspecified atom stereocenters. The van der Waals surface area contributed by atoms with E-state index in [1.807, 2.05) is 6.92 Å². The van der Waals surface area contributed by atoms with Crippen molar-refractivity contribution in [2.45, 2.75) is 46.6 Å². The molecule has 1 atom stereocenters. The molecular formula is C31H42N2O7. The highest BCUT2D eigenvalue weighted by molar-refractivity contribution is 6.46. The minimum Gasteiger partial charge on any atom is -0.872 e. The quantitative estimate of drug-likeness (QED) is 0.166. The van der Waals surface area contributed by atoms with Crippen LogP contribution in [0, 0.1) is 6.92 Å². The number of methoxy groups -OCH3 is 3. The van der Waals surface area contributed by atoms with Gasteiger partial charge < -0.3 is 33.9 Å². The number of likely N-dealkylation sites (tertiary alicyclic amines) is 1. The van der Waals surface area contributed by atoms with E-state index in [1.54, 1.807) is 30.3 Å². The Morgan fingerprint density at radius 1 is 0.950 bits per heavy atom. The predicted molar refractivity (Wildman–Crippen MR) is 151 cm³/mol. The number of carbonyl (C=O) groups excluding carboxylic acids is 2. The maximum atomic E-state index is 14.0. The van der Waals surface area contributed by atoms with E-state index in [-0.39, 0.29) is 5.57 Å². The van der Waals surface area contributed by atoms with Gasteiger partial charge in [0.2, 0.25) is 11.5 Å². The molecule has 1 heterocycles. The molecule has 1 amide bonds.